The highest BCUT2D eigenvalue weighted by Gasteiger charge is 2.29. The van der Waals surface area contributed by atoms with Crippen LogP contribution in [0.4, 0.5) is 5.69 Å². The Hall–Kier alpha value is -2.05. The number of thiophene rings is 1. The first-order valence-electron chi connectivity index (χ1n) is 10.6. The molecular weight excluding hydrogens is 384 g/mol. The highest BCUT2D eigenvalue weighted by atomic mass is 32.1. The van der Waals surface area contributed by atoms with Gasteiger partial charge in [-0.3, -0.25) is 9.69 Å². The lowest BCUT2D eigenvalue weighted by atomic mass is 10.1. The molecule has 1 amide bonds. The Morgan fingerprint density at radius 2 is 1.90 bits per heavy atom. The number of ether oxygens (including phenoxy) is 2. The Kier molecular flexibility index (Phi) is 6.40. The van der Waals surface area contributed by atoms with Gasteiger partial charge in [-0.15, -0.1) is 11.3 Å². The predicted molar refractivity (Wildman–Crippen MR) is 117 cm³/mol. The van der Waals surface area contributed by atoms with Crippen LogP contribution in [0.2, 0.25) is 0 Å². The standard InChI is InChI=1S/C23H30N2O3S/c1-17(2)24(18-6-3-4-7-18)16-23(26)25(15-20-8-5-13-29-20)19-9-10-21-22(14-19)28-12-11-27-21/h5,8-10,13-14,17-18H,3-4,6-7,11-12,15-16H2,1-2H3. The molecule has 1 saturated carbocycles. The van der Waals surface area contributed by atoms with Gasteiger partial charge in [0, 0.05) is 28.7 Å². The third-order valence-electron chi connectivity index (χ3n) is 5.81. The Labute approximate surface area is 177 Å². The summed E-state index contributed by atoms with van der Waals surface area (Å²) in [6.07, 6.45) is 4.92. The summed E-state index contributed by atoms with van der Waals surface area (Å²) in [4.78, 5) is 19.0. The highest BCUT2D eigenvalue weighted by Crippen LogP contribution is 2.35. The third-order valence-corrected chi connectivity index (χ3v) is 6.67. The molecular formula is C23H30N2O3S. The molecule has 0 radical (unpaired) electrons. The molecule has 1 aromatic heterocycles. The molecule has 1 fully saturated rings. The van der Waals surface area contributed by atoms with Crippen molar-refractivity contribution in [3.05, 3.63) is 40.6 Å². The summed E-state index contributed by atoms with van der Waals surface area (Å²) in [5, 5.41) is 2.06. The Morgan fingerprint density at radius 3 is 2.59 bits per heavy atom. The molecule has 0 spiro atoms. The number of hydrogen-bond donors (Lipinski definition) is 0. The molecule has 1 aliphatic heterocycles. The molecule has 4 rings (SSSR count). The van der Waals surface area contributed by atoms with Gasteiger partial charge < -0.3 is 14.4 Å². The summed E-state index contributed by atoms with van der Waals surface area (Å²) in [5.41, 5.74) is 0.864. The molecule has 0 unspecified atom stereocenters. The molecule has 0 N–H and O–H groups in total. The molecule has 1 aliphatic carbocycles. The van der Waals surface area contributed by atoms with Gasteiger partial charge in [0.05, 0.1) is 13.1 Å². The maximum absolute atomic E-state index is 13.5. The van der Waals surface area contributed by atoms with E-state index in [1.165, 1.54) is 30.6 Å². The van der Waals surface area contributed by atoms with Gasteiger partial charge >= 0.3 is 0 Å². The first-order valence-corrected chi connectivity index (χ1v) is 11.5. The third kappa shape index (κ3) is 4.75. The number of hydrogen-bond acceptors (Lipinski definition) is 5. The zero-order chi connectivity index (χ0) is 20.2. The average Bonchev–Trinajstić information content (AvgIpc) is 3.43. The Bertz CT molecular complexity index is 816. The van der Waals surface area contributed by atoms with Gasteiger partial charge in [0.25, 0.3) is 0 Å². The number of amides is 1. The fraction of sp³-hybridized carbons (Fsp3) is 0.522. The quantitative estimate of drug-likeness (QED) is 0.658. The van der Waals surface area contributed by atoms with Crippen LogP contribution < -0.4 is 14.4 Å². The molecule has 156 valence electrons. The fourth-order valence-corrected chi connectivity index (χ4v) is 4.99. The summed E-state index contributed by atoms with van der Waals surface area (Å²) in [6.45, 7) is 6.51. The number of carbonyl (C=O) groups excluding carboxylic acids is 1. The number of rotatable bonds is 7. The van der Waals surface area contributed by atoms with Crippen LogP contribution in [0.25, 0.3) is 0 Å². The zero-order valence-electron chi connectivity index (χ0n) is 17.3. The number of anilines is 1. The van der Waals surface area contributed by atoms with Crippen molar-refractivity contribution in [1.29, 1.82) is 0 Å². The Balaban J connectivity index is 1.58. The van der Waals surface area contributed by atoms with E-state index in [4.69, 9.17) is 9.47 Å². The number of nitrogens with zero attached hydrogens (tertiary/aromatic N) is 2. The minimum Gasteiger partial charge on any atom is -0.486 e. The Morgan fingerprint density at radius 1 is 1.14 bits per heavy atom. The van der Waals surface area contributed by atoms with Gasteiger partial charge in [-0.05, 0) is 50.3 Å². The van der Waals surface area contributed by atoms with Crippen LogP contribution in [-0.2, 0) is 11.3 Å². The summed E-state index contributed by atoms with van der Waals surface area (Å²) >= 11 is 1.68. The van der Waals surface area contributed by atoms with Crippen LogP contribution in [0.1, 0.15) is 44.4 Å². The molecule has 29 heavy (non-hydrogen) atoms. The molecule has 0 saturated heterocycles. The number of benzene rings is 1. The molecule has 0 bridgehead atoms. The van der Waals surface area contributed by atoms with E-state index in [9.17, 15) is 4.79 Å². The van der Waals surface area contributed by atoms with Gasteiger partial charge in [-0.1, -0.05) is 18.9 Å². The molecule has 2 heterocycles. The van der Waals surface area contributed by atoms with Gasteiger partial charge in [0.2, 0.25) is 5.91 Å². The van der Waals surface area contributed by atoms with Gasteiger partial charge in [0.15, 0.2) is 11.5 Å². The maximum Gasteiger partial charge on any atom is 0.241 e. The monoisotopic (exact) mass is 414 g/mol. The van der Waals surface area contributed by atoms with Crippen molar-refractivity contribution >= 4 is 22.9 Å². The smallest absolute Gasteiger partial charge is 0.241 e. The van der Waals surface area contributed by atoms with Crippen LogP contribution in [-0.4, -0.2) is 42.6 Å². The second-order valence-electron chi connectivity index (χ2n) is 8.09. The first-order chi connectivity index (χ1) is 14.1. The molecule has 5 nitrogen and oxygen atoms in total. The fourth-order valence-electron chi connectivity index (χ4n) is 4.29. The molecule has 2 aromatic rings. The normalized spacial score (nSPS) is 16.6. The summed E-state index contributed by atoms with van der Waals surface area (Å²) in [5.74, 6) is 1.60. The van der Waals surface area contributed by atoms with E-state index in [1.807, 2.05) is 29.2 Å². The summed E-state index contributed by atoms with van der Waals surface area (Å²) < 4.78 is 11.4. The molecule has 0 atom stereocenters. The highest BCUT2D eigenvalue weighted by molar-refractivity contribution is 7.09. The molecule has 2 aliphatic rings. The zero-order valence-corrected chi connectivity index (χ0v) is 18.1. The average molecular weight is 415 g/mol. The van der Waals surface area contributed by atoms with Crippen LogP contribution >= 0.6 is 11.3 Å². The van der Waals surface area contributed by atoms with Crippen LogP contribution in [0.15, 0.2) is 35.7 Å². The van der Waals surface area contributed by atoms with Crippen LogP contribution in [0.3, 0.4) is 0 Å². The lowest BCUT2D eigenvalue weighted by molar-refractivity contribution is -0.121. The van der Waals surface area contributed by atoms with E-state index in [2.05, 4.69) is 30.2 Å². The van der Waals surface area contributed by atoms with Crippen molar-refractivity contribution in [2.45, 2.75) is 58.2 Å². The van der Waals surface area contributed by atoms with Crippen molar-refractivity contribution < 1.29 is 14.3 Å². The van der Waals surface area contributed by atoms with Crippen molar-refractivity contribution in [2.75, 3.05) is 24.7 Å². The maximum atomic E-state index is 13.5. The number of fused-ring (bicyclic) bond motifs is 1. The lowest BCUT2D eigenvalue weighted by Crippen LogP contribution is -2.47. The number of carbonyl (C=O) groups is 1. The summed E-state index contributed by atoms with van der Waals surface area (Å²) in [7, 11) is 0. The van der Waals surface area contributed by atoms with E-state index in [0.29, 0.717) is 44.1 Å². The van der Waals surface area contributed by atoms with E-state index < -0.39 is 0 Å². The van der Waals surface area contributed by atoms with Crippen molar-refractivity contribution in [3.63, 3.8) is 0 Å². The SMILES string of the molecule is CC(C)N(CC(=O)N(Cc1cccs1)c1ccc2c(c1)OCCO2)C1CCCC1. The molecule has 6 heteroatoms. The second kappa shape index (κ2) is 9.18. The van der Waals surface area contributed by atoms with Gasteiger partial charge in [-0.25, -0.2) is 0 Å². The van der Waals surface area contributed by atoms with Crippen LogP contribution in [0, 0.1) is 0 Å². The minimum atomic E-state index is 0.135. The van der Waals surface area contributed by atoms with Gasteiger partial charge in [0.1, 0.15) is 13.2 Å². The lowest BCUT2D eigenvalue weighted by Gasteiger charge is -2.34. The van der Waals surface area contributed by atoms with Crippen molar-refractivity contribution in [3.8, 4) is 11.5 Å². The minimum absolute atomic E-state index is 0.135. The van der Waals surface area contributed by atoms with E-state index in [-0.39, 0.29) is 5.91 Å². The van der Waals surface area contributed by atoms with Crippen molar-refractivity contribution in [1.82, 2.24) is 4.90 Å². The first kappa shape index (κ1) is 20.2. The summed E-state index contributed by atoms with van der Waals surface area (Å²) in [6, 6.07) is 10.8. The van der Waals surface area contributed by atoms with Crippen LogP contribution in [0.5, 0.6) is 11.5 Å². The van der Waals surface area contributed by atoms with E-state index in [1.54, 1.807) is 11.3 Å². The predicted octanol–water partition coefficient (Wildman–Crippen LogP) is 4.71. The van der Waals surface area contributed by atoms with Gasteiger partial charge in [-0.2, -0.15) is 0 Å². The van der Waals surface area contributed by atoms with Crippen molar-refractivity contribution in [2.24, 2.45) is 0 Å². The van der Waals surface area contributed by atoms with E-state index in [0.717, 1.165) is 11.4 Å². The topological polar surface area (TPSA) is 42.0 Å². The second-order valence-corrected chi connectivity index (χ2v) is 9.12. The largest absolute Gasteiger partial charge is 0.486 e. The molecule has 1 aromatic carbocycles. The van der Waals surface area contributed by atoms with E-state index >= 15 is 0 Å².